The highest BCUT2D eigenvalue weighted by molar-refractivity contribution is 6.12. The Kier molecular flexibility index (Phi) is 9.55. The fraction of sp³-hybridized carbons (Fsp3) is 0.178. The summed E-state index contributed by atoms with van der Waals surface area (Å²) < 4.78 is 11.2. The Morgan fingerprint density at radius 3 is 1.60 bits per heavy atom. The quantitative estimate of drug-likeness (QED) is 0.115. The first-order valence-electron chi connectivity index (χ1n) is 19.2. The standard InChI is InChI=1S/C45H39N9O6/c1-52(2)28-11-9-27(10-12-28)49-51-36-24-41(59-3)35(23-42(36)60-4)50-48-26-7-5-25(6-8-26)43(55)53-19-17-29-31-21-37(46-33(31)13-15-39(29)53)44(56)54-20-18-30-32-22-38(45(57)58)47-34(32)14-16-40(30)54/h5-16,21-24,46-47H,17-20H2,1-4H3,(H,57,58)/b50-48+,51-49+. The third-order valence-electron chi connectivity index (χ3n) is 11.0. The average molecular weight is 802 g/mol. The highest BCUT2D eigenvalue weighted by Gasteiger charge is 2.31. The number of benzene rings is 5. The number of carbonyl (C=O) groups is 3. The van der Waals surface area contributed by atoms with Crippen LogP contribution in [0.1, 0.15) is 42.5 Å². The highest BCUT2D eigenvalue weighted by atomic mass is 16.5. The fourth-order valence-electron chi connectivity index (χ4n) is 7.91. The zero-order chi connectivity index (χ0) is 41.7. The molecule has 0 saturated heterocycles. The molecule has 7 aromatic rings. The second kappa shape index (κ2) is 15.2. The number of anilines is 3. The number of fused-ring (bicyclic) bond motifs is 6. The van der Waals surface area contributed by atoms with Gasteiger partial charge in [-0.25, -0.2) is 4.79 Å². The molecule has 0 aliphatic carbocycles. The van der Waals surface area contributed by atoms with Crippen LogP contribution in [0, 0.1) is 0 Å². The van der Waals surface area contributed by atoms with E-state index in [0.29, 0.717) is 71.4 Å². The highest BCUT2D eigenvalue weighted by Crippen LogP contribution is 2.42. The third-order valence-corrected chi connectivity index (χ3v) is 11.0. The predicted octanol–water partition coefficient (Wildman–Crippen LogP) is 9.67. The Morgan fingerprint density at radius 2 is 1.10 bits per heavy atom. The summed E-state index contributed by atoms with van der Waals surface area (Å²) >= 11 is 0. The smallest absolute Gasteiger partial charge is 0.352 e. The minimum atomic E-state index is -1.03. The van der Waals surface area contributed by atoms with Crippen molar-refractivity contribution in [2.75, 3.05) is 56.1 Å². The van der Waals surface area contributed by atoms with Crippen molar-refractivity contribution in [3.63, 3.8) is 0 Å². The maximum Gasteiger partial charge on any atom is 0.352 e. The maximum atomic E-state index is 13.9. The largest absolute Gasteiger partial charge is 0.494 e. The number of ether oxygens (including phenoxy) is 2. The first-order chi connectivity index (χ1) is 29.1. The van der Waals surface area contributed by atoms with Gasteiger partial charge in [-0.05, 0) is 109 Å². The summed E-state index contributed by atoms with van der Waals surface area (Å²) in [5.74, 6) is -0.474. The number of amides is 2. The summed E-state index contributed by atoms with van der Waals surface area (Å²) in [5, 5.41) is 28.7. The average Bonchev–Trinajstić information content (AvgIpc) is 4.08. The van der Waals surface area contributed by atoms with E-state index in [1.165, 1.54) is 7.11 Å². The van der Waals surface area contributed by atoms with Crippen molar-refractivity contribution in [1.82, 2.24) is 9.97 Å². The summed E-state index contributed by atoms with van der Waals surface area (Å²) in [4.78, 5) is 51.1. The molecular formula is C45H39N9O6. The Bertz CT molecular complexity index is 2910. The summed E-state index contributed by atoms with van der Waals surface area (Å²) in [6.45, 7) is 0.974. The van der Waals surface area contributed by atoms with E-state index in [2.05, 4.69) is 30.4 Å². The van der Waals surface area contributed by atoms with Crippen LogP contribution in [0.4, 0.5) is 39.8 Å². The third kappa shape index (κ3) is 6.74. The van der Waals surface area contributed by atoms with Gasteiger partial charge in [-0.2, -0.15) is 10.2 Å². The molecule has 0 saturated carbocycles. The number of nitrogens with one attached hydrogen (secondary N) is 2. The van der Waals surface area contributed by atoms with Gasteiger partial charge in [0.25, 0.3) is 11.8 Å². The first-order valence-corrected chi connectivity index (χ1v) is 19.2. The SMILES string of the molecule is COc1cc(/N=N/c2ccc(N(C)C)cc2)c(OC)cc1/N=N/c1ccc(C(=O)N2CCc3c2ccc2[nH]c(C(=O)N4CCc5c4ccc4[nH]c(C(=O)O)cc54)cc32)cc1. The first kappa shape index (κ1) is 37.7. The number of aromatic nitrogens is 2. The number of rotatable bonds is 10. The van der Waals surface area contributed by atoms with Gasteiger partial charge in [-0.1, -0.05) is 0 Å². The van der Waals surface area contributed by atoms with E-state index in [0.717, 1.165) is 50.0 Å². The van der Waals surface area contributed by atoms with Gasteiger partial charge in [0.2, 0.25) is 0 Å². The lowest BCUT2D eigenvalue weighted by Gasteiger charge is -2.17. The Balaban J connectivity index is 0.896. The van der Waals surface area contributed by atoms with Gasteiger partial charge in [-0.3, -0.25) is 9.59 Å². The van der Waals surface area contributed by atoms with Crippen LogP contribution < -0.4 is 24.2 Å². The van der Waals surface area contributed by atoms with Gasteiger partial charge in [-0.15, -0.1) is 10.2 Å². The van der Waals surface area contributed by atoms with Crippen LogP contribution in [0.2, 0.25) is 0 Å². The lowest BCUT2D eigenvalue weighted by atomic mass is 10.1. The van der Waals surface area contributed by atoms with E-state index in [9.17, 15) is 19.5 Å². The molecule has 15 nitrogen and oxygen atoms in total. The van der Waals surface area contributed by atoms with Crippen LogP contribution in [-0.2, 0) is 12.8 Å². The molecule has 2 aliphatic heterocycles. The van der Waals surface area contributed by atoms with E-state index < -0.39 is 5.97 Å². The number of carboxylic acid groups (broad SMARTS) is 1. The van der Waals surface area contributed by atoms with E-state index in [1.807, 2.05) is 73.6 Å². The number of aromatic amines is 2. The van der Waals surface area contributed by atoms with Gasteiger partial charge in [0.05, 0.1) is 25.6 Å². The molecule has 3 N–H and O–H groups in total. The molecular weight excluding hydrogens is 763 g/mol. The van der Waals surface area contributed by atoms with Crippen molar-refractivity contribution in [3.05, 3.63) is 125 Å². The Hall–Kier alpha value is -7.81. The van der Waals surface area contributed by atoms with Gasteiger partial charge in [0.1, 0.15) is 34.3 Å². The number of aromatic carboxylic acids is 1. The van der Waals surface area contributed by atoms with Crippen LogP contribution in [0.3, 0.4) is 0 Å². The minimum Gasteiger partial charge on any atom is -0.494 e. The van der Waals surface area contributed by atoms with Crippen LogP contribution in [-0.4, -0.2) is 74.3 Å². The molecule has 2 amide bonds. The lowest BCUT2D eigenvalue weighted by molar-refractivity contribution is 0.0691. The number of hydrogen-bond acceptors (Lipinski definition) is 10. The molecule has 0 fully saturated rings. The number of carbonyl (C=O) groups excluding carboxylic acids is 2. The fourth-order valence-corrected chi connectivity index (χ4v) is 7.91. The monoisotopic (exact) mass is 801 g/mol. The summed E-state index contributed by atoms with van der Waals surface area (Å²) in [5.41, 5.74) is 9.28. The normalized spacial score (nSPS) is 13.5. The molecule has 300 valence electrons. The van der Waals surface area contributed by atoms with Crippen molar-refractivity contribution in [2.24, 2.45) is 20.5 Å². The molecule has 0 radical (unpaired) electrons. The summed E-state index contributed by atoms with van der Waals surface area (Å²) in [6, 6.07) is 29.0. The Morgan fingerprint density at radius 1 is 0.617 bits per heavy atom. The molecule has 0 bridgehead atoms. The van der Waals surface area contributed by atoms with Crippen molar-refractivity contribution in [2.45, 2.75) is 12.8 Å². The minimum absolute atomic E-state index is 0.115. The summed E-state index contributed by atoms with van der Waals surface area (Å²) in [7, 11) is 7.02. The van der Waals surface area contributed by atoms with Crippen LogP contribution in [0.5, 0.6) is 11.5 Å². The molecule has 0 atom stereocenters. The molecule has 2 aromatic heterocycles. The number of hydrogen-bond donors (Lipinski definition) is 3. The molecule has 5 aromatic carbocycles. The summed E-state index contributed by atoms with van der Waals surface area (Å²) in [6.07, 6.45) is 1.25. The molecule has 2 aliphatic rings. The molecule has 9 rings (SSSR count). The van der Waals surface area contributed by atoms with Gasteiger partial charge < -0.3 is 39.2 Å². The number of H-pyrrole nitrogens is 2. The van der Waals surface area contributed by atoms with Crippen LogP contribution in [0.15, 0.2) is 118 Å². The van der Waals surface area contributed by atoms with Crippen molar-refractivity contribution >= 4 is 79.4 Å². The van der Waals surface area contributed by atoms with Gasteiger partial charge >= 0.3 is 5.97 Å². The Labute approximate surface area is 343 Å². The lowest BCUT2D eigenvalue weighted by Crippen LogP contribution is -2.29. The van der Waals surface area contributed by atoms with Crippen LogP contribution in [0.25, 0.3) is 21.8 Å². The van der Waals surface area contributed by atoms with Crippen LogP contribution >= 0.6 is 0 Å². The zero-order valence-corrected chi connectivity index (χ0v) is 33.2. The zero-order valence-electron chi connectivity index (χ0n) is 33.2. The number of carboxylic acids is 1. The molecule has 4 heterocycles. The topological polar surface area (TPSA) is 181 Å². The van der Waals surface area contributed by atoms with Crippen molar-refractivity contribution in [3.8, 4) is 11.5 Å². The number of methoxy groups -OCH3 is 2. The number of azo groups is 2. The van der Waals surface area contributed by atoms with Crippen molar-refractivity contribution in [1.29, 1.82) is 0 Å². The van der Waals surface area contributed by atoms with E-state index in [1.54, 1.807) is 59.4 Å². The van der Waals surface area contributed by atoms with E-state index >= 15 is 0 Å². The number of nitrogens with zero attached hydrogens (tertiary/aromatic N) is 7. The molecule has 15 heteroatoms. The second-order valence-electron chi connectivity index (χ2n) is 14.7. The van der Waals surface area contributed by atoms with E-state index in [4.69, 9.17) is 9.47 Å². The van der Waals surface area contributed by atoms with Gasteiger partial charge in [0, 0.05) is 83.7 Å². The molecule has 60 heavy (non-hydrogen) atoms. The predicted molar refractivity (Wildman–Crippen MR) is 229 cm³/mol. The maximum absolute atomic E-state index is 13.9. The van der Waals surface area contributed by atoms with Gasteiger partial charge in [0.15, 0.2) is 0 Å². The second-order valence-corrected chi connectivity index (χ2v) is 14.7. The molecule has 0 unspecified atom stereocenters. The van der Waals surface area contributed by atoms with E-state index in [-0.39, 0.29) is 17.5 Å². The van der Waals surface area contributed by atoms with Crippen molar-refractivity contribution < 1.29 is 29.0 Å². The molecule has 0 spiro atoms.